The Morgan fingerprint density at radius 3 is 2.00 bits per heavy atom. The first-order valence-electron chi connectivity index (χ1n) is 3.26. The molecule has 0 aromatic heterocycles. The van der Waals surface area contributed by atoms with Gasteiger partial charge in [-0.3, -0.25) is 0 Å². The normalized spacial score (nSPS) is 18.0. The van der Waals surface area contributed by atoms with Gasteiger partial charge in [-0.1, -0.05) is 20.8 Å². The molecule has 0 aliphatic rings. The summed E-state index contributed by atoms with van der Waals surface area (Å²) in [5.74, 6) is 0. The van der Waals surface area contributed by atoms with Gasteiger partial charge in [0.2, 0.25) is 0 Å². The third-order valence-corrected chi connectivity index (χ3v) is 2.45. The second-order valence-corrected chi connectivity index (χ2v) is 5.93. The molecule has 1 unspecified atom stereocenters. The second kappa shape index (κ2) is 3.74. The van der Waals surface area contributed by atoms with Gasteiger partial charge in [-0.2, -0.15) is 11.4 Å². The predicted molar refractivity (Wildman–Crippen MR) is 51.7 cm³/mol. The number of aliphatic hydroxyl groups is 1. The molecule has 3 heteroatoms. The lowest BCUT2D eigenvalue weighted by atomic mass is 10.3. The van der Waals surface area contributed by atoms with Crippen LogP contribution in [-0.4, -0.2) is 20.3 Å². The fourth-order valence-corrected chi connectivity index (χ4v) is 1.44. The van der Waals surface area contributed by atoms with Crippen molar-refractivity contribution in [3.05, 3.63) is 0 Å². The molecular weight excluding hydrogens is 168 g/mol. The lowest BCUT2D eigenvalue weighted by Crippen LogP contribution is -2.13. The van der Waals surface area contributed by atoms with Gasteiger partial charge in [0.15, 0.2) is 0 Å². The summed E-state index contributed by atoms with van der Waals surface area (Å²) in [6.45, 7) is 7.95. The first kappa shape index (κ1) is 10.5. The molecule has 0 spiro atoms. The smallest absolute Gasteiger partial charge is 0.0876 e. The minimum atomic E-state index is -0.235. The summed E-state index contributed by atoms with van der Waals surface area (Å²) in [6.07, 6.45) is 0. The van der Waals surface area contributed by atoms with E-state index in [1.54, 1.807) is 6.92 Å². The highest BCUT2D eigenvalue weighted by Gasteiger charge is 2.09. The molecular formula is C7H15ClOS. The summed E-state index contributed by atoms with van der Waals surface area (Å²) in [7, 11) is 0. The SMILES string of the molecule is CC(Cl)C(O)=[SH]C(C)(C)C. The molecule has 1 atom stereocenters. The average molecular weight is 183 g/mol. The lowest BCUT2D eigenvalue weighted by molar-refractivity contribution is 0.553. The molecule has 0 radical (unpaired) electrons. The summed E-state index contributed by atoms with van der Waals surface area (Å²) < 4.78 is 0.104. The standard InChI is InChI=1S/C7H15ClOS/c1-5(8)6(9)10-7(2,3)4/h5,9-10H,1-4H3. The molecule has 0 heterocycles. The molecule has 1 nitrogen and oxygen atoms in total. The highest BCUT2D eigenvalue weighted by atomic mass is 35.5. The van der Waals surface area contributed by atoms with Crippen LogP contribution in [0.2, 0.25) is 0 Å². The minimum Gasteiger partial charge on any atom is -0.358 e. The van der Waals surface area contributed by atoms with Gasteiger partial charge < -0.3 is 5.11 Å². The van der Waals surface area contributed by atoms with Gasteiger partial charge in [0, 0.05) is 4.75 Å². The van der Waals surface area contributed by atoms with E-state index in [1.807, 2.05) is 0 Å². The van der Waals surface area contributed by atoms with Crippen LogP contribution >= 0.6 is 23.0 Å². The van der Waals surface area contributed by atoms with E-state index in [1.165, 1.54) is 0 Å². The van der Waals surface area contributed by atoms with E-state index in [2.05, 4.69) is 20.8 Å². The maximum Gasteiger partial charge on any atom is 0.0876 e. The highest BCUT2D eigenvalue weighted by Crippen LogP contribution is 2.18. The molecule has 1 N–H and O–H groups in total. The molecule has 10 heavy (non-hydrogen) atoms. The van der Waals surface area contributed by atoms with Gasteiger partial charge in [0.25, 0.3) is 0 Å². The summed E-state index contributed by atoms with van der Waals surface area (Å²) in [4.78, 5) is 0. The number of halogens is 1. The van der Waals surface area contributed by atoms with Crippen molar-refractivity contribution >= 4 is 28.0 Å². The maximum atomic E-state index is 9.23. The van der Waals surface area contributed by atoms with E-state index in [9.17, 15) is 5.11 Å². The predicted octanol–water partition coefficient (Wildman–Crippen LogP) is 2.57. The van der Waals surface area contributed by atoms with E-state index in [4.69, 9.17) is 11.6 Å². The number of hydrogen-bond donors (Lipinski definition) is 2. The van der Waals surface area contributed by atoms with Gasteiger partial charge in [-0.25, -0.2) is 0 Å². The van der Waals surface area contributed by atoms with E-state index in [0.717, 1.165) is 11.4 Å². The molecule has 0 bridgehead atoms. The molecule has 0 saturated carbocycles. The summed E-state index contributed by atoms with van der Waals surface area (Å²) in [5, 5.41) is 9.35. The Bertz CT molecular complexity index is 135. The van der Waals surface area contributed by atoms with Gasteiger partial charge in [0.05, 0.1) is 10.4 Å². The number of thiol groups is 1. The van der Waals surface area contributed by atoms with Crippen molar-refractivity contribution in [2.45, 2.75) is 37.8 Å². The van der Waals surface area contributed by atoms with E-state index >= 15 is 0 Å². The summed E-state index contributed by atoms with van der Waals surface area (Å²) in [6, 6.07) is 0. The number of hydrogen-bond acceptors (Lipinski definition) is 0. The van der Waals surface area contributed by atoms with Crippen LogP contribution in [-0.2, 0) is 0 Å². The molecule has 0 aliphatic carbocycles. The van der Waals surface area contributed by atoms with E-state index in [-0.39, 0.29) is 10.1 Å². The van der Waals surface area contributed by atoms with E-state index in [0.29, 0.717) is 5.05 Å². The van der Waals surface area contributed by atoms with Crippen molar-refractivity contribution in [1.82, 2.24) is 0 Å². The molecule has 0 saturated heterocycles. The highest BCUT2D eigenvalue weighted by molar-refractivity contribution is 7.99. The Morgan fingerprint density at radius 2 is 1.90 bits per heavy atom. The van der Waals surface area contributed by atoms with Crippen LogP contribution in [0.5, 0.6) is 0 Å². The van der Waals surface area contributed by atoms with Gasteiger partial charge in [-0.15, -0.1) is 11.6 Å². The zero-order valence-corrected chi connectivity index (χ0v) is 8.50. The molecule has 0 rings (SSSR count). The van der Waals surface area contributed by atoms with Crippen molar-refractivity contribution < 1.29 is 5.11 Å². The summed E-state index contributed by atoms with van der Waals surface area (Å²) >= 11 is 6.56. The van der Waals surface area contributed by atoms with Crippen LogP contribution in [0, 0.1) is 0 Å². The van der Waals surface area contributed by atoms with Gasteiger partial charge >= 0.3 is 0 Å². The van der Waals surface area contributed by atoms with E-state index < -0.39 is 0 Å². The van der Waals surface area contributed by atoms with Gasteiger partial charge in [0.1, 0.15) is 0 Å². The first-order valence-corrected chi connectivity index (χ1v) is 4.59. The Balaban J connectivity index is 4.17. The lowest BCUT2D eigenvalue weighted by Gasteiger charge is -2.14. The van der Waals surface area contributed by atoms with Gasteiger partial charge in [-0.05, 0) is 6.92 Å². The van der Waals surface area contributed by atoms with Crippen molar-refractivity contribution in [3.63, 3.8) is 0 Å². The Hall–Kier alpha value is 0.470. The van der Waals surface area contributed by atoms with Crippen LogP contribution in [0.1, 0.15) is 27.7 Å². The zero-order valence-electron chi connectivity index (χ0n) is 6.85. The third-order valence-electron chi connectivity index (χ3n) is 0.806. The largest absolute Gasteiger partial charge is 0.358 e. The topological polar surface area (TPSA) is 20.2 Å². The van der Waals surface area contributed by atoms with Crippen molar-refractivity contribution in [3.8, 4) is 0 Å². The molecule has 0 aromatic carbocycles. The van der Waals surface area contributed by atoms with Crippen molar-refractivity contribution in [1.29, 1.82) is 0 Å². The first-order chi connectivity index (χ1) is 4.33. The second-order valence-electron chi connectivity index (χ2n) is 3.26. The van der Waals surface area contributed by atoms with Crippen LogP contribution < -0.4 is 0 Å². The zero-order chi connectivity index (χ0) is 8.36. The molecule has 0 fully saturated rings. The number of alkyl halides is 1. The summed E-state index contributed by atoms with van der Waals surface area (Å²) in [5.41, 5.74) is 0. The molecule has 62 valence electrons. The number of aliphatic hydroxyl groups excluding tert-OH is 1. The maximum absolute atomic E-state index is 9.23. The molecule has 0 amide bonds. The molecule has 0 aliphatic heterocycles. The molecule has 0 aromatic rings. The monoisotopic (exact) mass is 182 g/mol. The fourth-order valence-electron chi connectivity index (χ4n) is 0.433. The van der Waals surface area contributed by atoms with Crippen LogP contribution in [0.15, 0.2) is 0 Å². The quantitative estimate of drug-likeness (QED) is 0.363. The minimum absolute atomic E-state index is 0.104. The Kier molecular flexibility index (Phi) is 3.92. The average Bonchev–Trinajstić information content (AvgIpc) is 1.60. The number of rotatable bonds is 1. The van der Waals surface area contributed by atoms with Crippen LogP contribution in [0.3, 0.4) is 0 Å². The van der Waals surface area contributed by atoms with Crippen molar-refractivity contribution in [2.24, 2.45) is 0 Å². The van der Waals surface area contributed by atoms with Crippen molar-refractivity contribution in [2.75, 3.05) is 0 Å². The third kappa shape index (κ3) is 5.27. The Labute approximate surface area is 71.4 Å². The Morgan fingerprint density at radius 1 is 1.50 bits per heavy atom. The van der Waals surface area contributed by atoms with Crippen LogP contribution in [0.4, 0.5) is 0 Å². The van der Waals surface area contributed by atoms with Crippen LogP contribution in [0.25, 0.3) is 0 Å². The fraction of sp³-hybridized carbons (Fsp3) is 0.857.